The molecule has 0 saturated carbocycles. The maximum absolute atomic E-state index is 13.1. The molecule has 12 amide bonds. The third-order valence-electron chi connectivity index (χ3n) is 23.6. The van der Waals surface area contributed by atoms with Gasteiger partial charge in [-0.05, 0) is 155 Å². The Morgan fingerprint density at radius 1 is 0.578 bits per heavy atom. The van der Waals surface area contributed by atoms with Gasteiger partial charge in [0.2, 0.25) is 47.3 Å². The first-order valence-corrected chi connectivity index (χ1v) is 50.0. The Labute approximate surface area is 866 Å². The molecule has 8 aliphatic rings. The van der Waals surface area contributed by atoms with Gasteiger partial charge in [-0.15, -0.1) is 24.7 Å². The number of carbonyl (C=O) groups excluding carboxylic acids is 13. The molecule has 9 heterocycles. The number of benzene rings is 5. The minimum atomic E-state index is -0.907. The predicted octanol–water partition coefficient (Wildman–Crippen LogP) is 13.3. The lowest BCUT2D eigenvalue weighted by Gasteiger charge is -2.38. The summed E-state index contributed by atoms with van der Waals surface area (Å²) in [5.41, 5.74) is 9.90. The van der Waals surface area contributed by atoms with E-state index in [1.165, 1.54) is 44.4 Å². The van der Waals surface area contributed by atoms with Gasteiger partial charge in [0.15, 0.2) is 11.4 Å². The van der Waals surface area contributed by atoms with Crippen molar-refractivity contribution >= 4 is 122 Å². The summed E-state index contributed by atoms with van der Waals surface area (Å²) in [6.45, 7) is 35.7. The molecule has 2 atom stereocenters. The number of fused-ring (bicyclic) bond motifs is 3. The van der Waals surface area contributed by atoms with Crippen molar-refractivity contribution < 1.29 is 95.5 Å². The van der Waals surface area contributed by atoms with E-state index in [1.54, 1.807) is 104 Å². The summed E-state index contributed by atoms with van der Waals surface area (Å²) in [5, 5.41) is 30.3. The van der Waals surface area contributed by atoms with Crippen LogP contribution in [-0.2, 0) is 84.5 Å². The average Bonchev–Trinajstić information content (AvgIpc) is 1.59. The number of aryl methyl sites for hydroxylation is 1. The van der Waals surface area contributed by atoms with Crippen molar-refractivity contribution in [2.75, 3.05) is 167 Å². The highest BCUT2D eigenvalue weighted by molar-refractivity contribution is 6.31. The number of amides is 12. The Morgan fingerprint density at radius 3 is 1.69 bits per heavy atom. The van der Waals surface area contributed by atoms with E-state index in [0.29, 0.717) is 155 Å². The number of ether oxygens (including phenoxy) is 7. The van der Waals surface area contributed by atoms with Crippen molar-refractivity contribution in [3.05, 3.63) is 202 Å². The normalized spacial score (nSPS) is 16.0. The molecule has 0 aliphatic carbocycles. The first kappa shape index (κ1) is 118. The number of pyridine rings is 1. The highest BCUT2D eigenvalue weighted by Gasteiger charge is 2.46. The first-order valence-electron chi connectivity index (χ1n) is 49.7. The second-order valence-corrected chi connectivity index (χ2v) is 35.7. The molecule has 2 unspecified atom stereocenters. The number of piperazine rings is 1. The van der Waals surface area contributed by atoms with E-state index in [-0.39, 0.29) is 120 Å². The number of nitrogens with one attached hydrogen (secondary N) is 8. The number of likely N-dealkylation sites (tertiary alicyclic amines) is 1. The minimum absolute atomic E-state index is 0.0287. The van der Waals surface area contributed by atoms with Gasteiger partial charge in [-0.3, -0.25) is 87.0 Å². The third kappa shape index (κ3) is 40.8. The smallest absolute Gasteiger partial charge is 0.269 e. The van der Waals surface area contributed by atoms with Crippen molar-refractivity contribution in [1.82, 2.24) is 50.8 Å². The summed E-state index contributed by atoms with van der Waals surface area (Å²) in [6, 6.07) is 32.2. The molecule has 14 rings (SSSR count). The third-order valence-corrected chi connectivity index (χ3v) is 24.0. The van der Waals surface area contributed by atoms with Crippen LogP contribution in [0.15, 0.2) is 173 Å². The van der Waals surface area contributed by atoms with Crippen LogP contribution in [0.3, 0.4) is 0 Å². The maximum Gasteiger partial charge on any atom is 0.269 e. The van der Waals surface area contributed by atoms with Crippen LogP contribution in [0.1, 0.15) is 197 Å². The number of para-hydroxylation sites is 1. The molecule has 8 aliphatic heterocycles. The van der Waals surface area contributed by atoms with E-state index in [9.17, 15) is 62.3 Å². The zero-order chi connectivity index (χ0) is 107. The number of aromatic nitrogens is 1. The number of carbonyl (C=O) groups is 13. The van der Waals surface area contributed by atoms with Crippen molar-refractivity contribution in [2.24, 2.45) is 21.1 Å². The molecule has 5 aromatic carbocycles. The van der Waals surface area contributed by atoms with Gasteiger partial charge < -0.3 is 85.5 Å². The summed E-state index contributed by atoms with van der Waals surface area (Å²) >= 11 is 5.80. The Bertz CT molecular complexity index is 5680. The van der Waals surface area contributed by atoms with Crippen LogP contribution >= 0.6 is 11.6 Å². The number of nitrogens with zero attached hydrogens (tertiary/aromatic N) is 9. The number of rotatable bonds is 44. The van der Waals surface area contributed by atoms with Crippen LogP contribution in [0, 0.1) is 37.5 Å². The van der Waals surface area contributed by atoms with Crippen LogP contribution in [0.5, 0.6) is 11.5 Å². The molecule has 0 spiro atoms. The van der Waals surface area contributed by atoms with E-state index in [2.05, 4.69) is 130 Å². The molecule has 4 fully saturated rings. The van der Waals surface area contributed by atoms with Gasteiger partial charge in [-0.25, -0.2) is 0 Å². The Morgan fingerprint density at radius 2 is 1.14 bits per heavy atom. The molecule has 6 aromatic rings. The van der Waals surface area contributed by atoms with Crippen LogP contribution in [0.2, 0.25) is 5.02 Å². The number of ketones is 1. The monoisotopic (exact) mass is 2040 g/mol. The van der Waals surface area contributed by atoms with E-state index in [1.807, 2.05) is 37.0 Å². The SMILES string of the molecule is C#CCCC(=O)NCCN1CCN(C/C=C/C(C)=O)CC1.C#CCCC1(CCC)N=N1.C=C1CCC(N2C(=O)c3cccc(NC(=O)CCOCCOCCOCCC)c3C2=O)C(=O)N1.C=C1CCC(N2Cc3c(NC(=O)CCOCCOCCOCCC)cccc3C2=O)C(=O)N1.CC(=O)N1CC(C2=Nc3ccccc3C2)C1.CC(=O)Nc1ccc(Cl)c(C)c1.CNC(=O)c1cc(Oc2ccc(NC(C)=O)cc2)ccn1. The zero-order valence-electron chi connectivity index (χ0n) is 85.7. The van der Waals surface area contributed by atoms with E-state index in [0.717, 1.165) is 131 Å². The zero-order valence-corrected chi connectivity index (χ0v) is 86.5. The van der Waals surface area contributed by atoms with E-state index < -0.39 is 29.8 Å². The number of terminal acetylenes is 2. The van der Waals surface area contributed by atoms with Crippen LogP contribution in [-0.4, -0.2) is 275 Å². The van der Waals surface area contributed by atoms with Crippen LogP contribution in [0.25, 0.3) is 0 Å². The fourth-order valence-corrected chi connectivity index (χ4v) is 15.9. The molecule has 0 radical (unpaired) electrons. The summed E-state index contributed by atoms with van der Waals surface area (Å²) in [4.78, 5) is 172. The molecular weight excluding hydrogens is 1900 g/mol. The standard InChI is InChI=1S/C24H31N3O7.C24H33N3O6.C16H25N3O2.C15H15N3O3.C13H14N2O.C9H10ClNO.C8H12N2/c1-3-10-32-12-14-34-15-13-33-11-9-20(28)26-18-6-4-5-17-21(18)24(31)27(23(17)30)19-8-7-16(2)25-22(19)29;1-3-10-31-12-14-33-15-13-32-11-9-22(28)26-20-6-4-5-18-19(20)16-27(24(18)30)21-8-7-17(2)25-23(21)29;1-3-4-7-16(21)17-8-10-19-13-11-18(12-14-19)9-5-6-15(2)20;1-10(19)18-11-3-5-12(6-4-11)21-13-7-8-17-14(9-13)15(20)16-2;1-9(16)15-7-11(8-15)13-6-10-4-2-3-5-12(10)14-13;1-6-5-8(11-7(2)12)3-4-9(6)10;1-3-5-7-8(6-4-2)9-10-8/h4-6,19H,2-3,7-15H2,1H3,(H,25,29)(H,26,28);4-6,21H,2-3,7-16H2,1H3,(H,25,29)(H,26,28);1,5-6H,4,7-14H2,2H3,(H,17,21);3-9H,1-2H3,(H,16,20)(H,18,19);2-5,11H,6-8H2,1H3;3-5H,1-2H3,(H,11,12);1H,4-7H2,2H3/b;;6-5+;;;;. The molecule has 788 valence electrons. The summed E-state index contributed by atoms with van der Waals surface area (Å²) in [6.07, 6.45) is 25.3. The first-order chi connectivity index (χ1) is 70.8. The largest absolute Gasteiger partial charge is 0.457 e. The molecule has 37 nitrogen and oxygen atoms in total. The van der Waals surface area contributed by atoms with Gasteiger partial charge in [0.05, 0.1) is 101 Å². The lowest BCUT2D eigenvalue weighted by atomic mass is 9.92. The number of hydrogen-bond acceptors (Lipinski definition) is 26. The Kier molecular flexibility index (Phi) is 51.2. The second-order valence-electron chi connectivity index (χ2n) is 35.3. The molecule has 8 N–H and O–H groups in total. The predicted molar refractivity (Wildman–Crippen MR) is 562 cm³/mol. The Balaban J connectivity index is 0.000000217. The highest BCUT2D eigenvalue weighted by atomic mass is 35.5. The number of halogens is 1. The van der Waals surface area contributed by atoms with Crippen molar-refractivity contribution in [3.63, 3.8) is 0 Å². The topological polar surface area (TPSA) is 449 Å². The fourth-order valence-electron chi connectivity index (χ4n) is 15.8. The number of imide groups is 1. The van der Waals surface area contributed by atoms with Crippen LogP contribution in [0.4, 0.5) is 28.4 Å². The second kappa shape index (κ2) is 63.5. The van der Waals surface area contributed by atoms with Gasteiger partial charge in [-0.1, -0.05) is 88.4 Å². The van der Waals surface area contributed by atoms with Gasteiger partial charge in [-0.2, -0.15) is 10.2 Å². The molecule has 4 saturated heterocycles. The van der Waals surface area contributed by atoms with Gasteiger partial charge in [0.25, 0.3) is 23.6 Å². The lowest BCUT2D eigenvalue weighted by Crippen LogP contribution is -2.52. The fraction of sp³-hybridized carbons (Fsp3) is 0.459. The minimum Gasteiger partial charge on any atom is -0.457 e. The number of hydrogen-bond donors (Lipinski definition) is 8. The molecule has 1 aromatic heterocycles. The quantitative estimate of drug-likeness (QED) is 0.00762. The van der Waals surface area contributed by atoms with E-state index in [4.69, 9.17) is 57.6 Å². The highest BCUT2D eigenvalue weighted by Crippen LogP contribution is 2.39. The van der Waals surface area contributed by atoms with Gasteiger partial charge in [0.1, 0.15) is 29.3 Å². The average molecular weight is 2040 g/mol. The van der Waals surface area contributed by atoms with Crippen LogP contribution < -0.4 is 47.3 Å². The van der Waals surface area contributed by atoms with Crippen molar-refractivity contribution in [3.8, 4) is 36.2 Å². The summed E-state index contributed by atoms with van der Waals surface area (Å²) < 4.78 is 37.9. The van der Waals surface area contributed by atoms with Gasteiger partial charge >= 0.3 is 0 Å². The van der Waals surface area contributed by atoms with E-state index >= 15 is 0 Å². The maximum atomic E-state index is 13.1. The Hall–Kier alpha value is -13.9. The number of anilines is 4. The molecular formula is C109H140ClN17O20. The summed E-state index contributed by atoms with van der Waals surface area (Å²) in [7, 11) is 1.54. The summed E-state index contributed by atoms with van der Waals surface area (Å²) in [5.74, 6) is 3.92. The van der Waals surface area contributed by atoms with Crippen molar-refractivity contribution in [1.29, 1.82) is 0 Å². The van der Waals surface area contributed by atoms with Gasteiger partial charge in [0, 0.05) is 207 Å². The molecule has 0 bridgehead atoms. The number of allylic oxidation sites excluding steroid dienone is 3. The van der Waals surface area contributed by atoms with Crippen molar-refractivity contribution in [2.45, 2.75) is 176 Å². The molecule has 147 heavy (non-hydrogen) atoms. The molecule has 38 heteroatoms. The number of piperidine rings is 2. The number of aliphatic imine (C=N–C) groups is 1. The lowest BCUT2D eigenvalue weighted by molar-refractivity contribution is -0.133.